The van der Waals surface area contributed by atoms with E-state index in [9.17, 15) is 19.6 Å². The van der Waals surface area contributed by atoms with Crippen LogP contribution in [0.25, 0.3) is 0 Å². The monoisotopic (exact) mass is 507 g/mol. The van der Waals surface area contributed by atoms with Gasteiger partial charge >= 0.3 is 7.12 Å². The molecule has 4 rings (SSSR count). The third kappa shape index (κ3) is 6.07. The third-order valence-corrected chi connectivity index (χ3v) is 7.54. The number of nitrogens with zero attached hydrogens (tertiary/aromatic N) is 3. The van der Waals surface area contributed by atoms with E-state index in [2.05, 4.69) is 10.4 Å². The Kier molecular flexibility index (Phi) is 8.39. The number of carbonyl (C=O) groups is 2. The third-order valence-electron chi connectivity index (χ3n) is 7.54. The van der Waals surface area contributed by atoms with Crippen LogP contribution in [-0.2, 0) is 16.0 Å². The maximum absolute atomic E-state index is 13.1. The lowest BCUT2D eigenvalue weighted by molar-refractivity contribution is -0.128. The van der Waals surface area contributed by atoms with E-state index < -0.39 is 24.5 Å². The van der Waals surface area contributed by atoms with Crippen LogP contribution in [0.3, 0.4) is 0 Å². The van der Waals surface area contributed by atoms with E-state index in [0.29, 0.717) is 30.3 Å². The summed E-state index contributed by atoms with van der Waals surface area (Å²) < 4.78 is 1.89. The number of nitrogens with two attached hydrogens (primary N) is 1. The van der Waals surface area contributed by atoms with Crippen molar-refractivity contribution in [2.75, 3.05) is 5.32 Å². The summed E-state index contributed by atoms with van der Waals surface area (Å²) >= 11 is 0. The Bertz CT molecular complexity index is 1110. The Morgan fingerprint density at radius 2 is 1.89 bits per heavy atom. The van der Waals surface area contributed by atoms with Gasteiger partial charge in [0.25, 0.3) is 0 Å². The number of primary amides is 1. The average Bonchev–Trinajstić information content (AvgIpc) is 3.58. The number of aromatic nitrogens is 2. The predicted octanol–water partition coefficient (Wildman–Crippen LogP) is 2.81. The van der Waals surface area contributed by atoms with Crippen LogP contribution in [0.5, 0.6) is 0 Å². The first-order chi connectivity index (χ1) is 17.7. The highest BCUT2D eigenvalue weighted by Gasteiger charge is 2.51. The molecule has 1 fully saturated rings. The highest BCUT2D eigenvalue weighted by Crippen LogP contribution is 2.40. The molecule has 2 atom stereocenters. The molecule has 1 unspecified atom stereocenters. The number of amides is 2. The van der Waals surface area contributed by atoms with Gasteiger partial charge in [-0.1, -0.05) is 57.0 Å². The molecular formula is C27H38BN5O4. The Morgan fingerprint density at radius 1 is 1.19 bits per heavy atom. The highest BCUT2D eigenvalue weighted by atomic mass is 16.4. The van der Waals surface area contributed by atoms with Gasteiger partial charge in [0.05, 0.1) is 18.2 Å². The predicted molar refractivity (Wildman–Crippen MR) is 143 cm³/mol. The molecule has 0 radical (unpaired) electrons. The van der Waals surface area contributed by atoms with Crippen molar-refractivity contribution in [2.24, 2.45) is 11.7 Å². The maximum Gasteiger partial charge on any atom is 0.475 e. The summed E-state index contributed by atoms with van der Waals surface area (Å²) in [5.41, 5.74) is 6.45. The average molecular weight is 507 g/mol. The van der Waals surface area contributed by atoms with E-state index in [1.165, 1.54) is 0 Å². The first kappa shape index (κ1) is 26.9. The highest BCUT2D eigenvalue weighted by molar-refractivity contribution is 6.43. The molecule has 5 N–H and O–H groups in total. The first-order valence-corrected chi connectivity index (χ1v) is 13.2. The Balaban J connectivity index is 1.59. The van der Waals surface area contributed by atoms with Gasteiger partial charge in [-0.15, -0.1) is 0 Å². The van der Waals surface area contributed by atoms with Crippen LogP contribution in [-0.4, -0.2) is 55.1 Å². The van der Waals surface area contributed by atoms with Crippen molar-refractivity contribution in [3.8, 4) is 0 Å². The Hall–Kier alpha value is -3.11. The standard InChI is InChI=1S/C27H38BN5O4/c1-19(2)14-23(28(36)37)32-18-21(17-27(32,26(29)35)16-20-8-4-3-5-9-20)15-25(34)31-24-12-13-30-33(24)22-10-6-7-11-22/h3-5,8-9,12-13,18-19,22-23,36-37H,6-7,10-11,14-17H2,1-2H3,(H2,29,35)(H,31,34)/t23-,27?/m0/s1. The quantitative estimate of drug-likeness (QED) is 0.346. The van der Waals surface area contributed by atoms with Gasteiger partial charge in [-0.25, -0.2) is 4.68 Å². The molecule has 1 aromatic carbocycles. The van der Waals surface area contributed by atoms with Crippen molar-refractivity contribution < 1.29 is 19.6 Å². The minimum atomic E-state index is -1.68. The van der Waals surface area contributed by atoms with E-state index in [4.69, 9.17) is 5.73 Å². The van der Waals surface area contributed by atoms with Gasteiger partial charge in [-0.2, -0.15) is 5.10 Å². The number of anilines is 1. The lowest BCUT2D eigenvalue weighted by Crippen LogP contribution is -2.61. The number of carbonyl (C=O) groups excluding carboxylic acids is 2. The van der Waals surface area contributed by atoms with Gasteiger partial charge in [0.2, 0.25) is 11.8 Å². The van der Waals surface area contributed by atoms with Crippen LogP contribution < -0.4 is 11.1 Å². The fraction of sp³-hybridized carbons (Fsp3) is 0.519. The van der Waals surface area contributed by atoms with Gasteiger partial charge in [0.1, 0.15) is 11.4 Å². The van der Waals surface area contributed by atoms with Crippen LogP contribution in [0, 0.1) is 5.92 Å². The smallest absolute Gasteiger partial charge is 0.426 e. The summed E-state index contributed by atoms with van der Waals surface area (Å²) in [6, 6.07) is 11.6. The zero-order valence-corrected chi connectivity index (χ0v) is 21.7. The lowest BCUT2D eigenvalue weighted by atomic mass is 9.71. The fourth-order valence-electron chi connectivity index (χ4n) is 5.85. The number of hydrogen-bond acceptors (Lipinski definition) is 6. The minimum Gasteiger partial charge on any atom is -0.426 e. The zero-order chi connectivity index (χ0) is 26.6. The van der Waals surface area contributed by atoms with Gasteiger partial charge in [-0.3, -0.25) is 9.59 Å². The van der Waals surface area contributed by atoms with Crippen molar-refractivity contribution in [2.45, 2.75) is 82.7 Å². The summed E-state index contributed by atoms with van der Waals surface area (Å²) in [5, 5.41) is 28.0. The summed E-state index contributed by atoms with van der Waals surface area (Å²) in [6.07, 6.45) is 8.88. The molecule has 2 aliphatic rings. The van der Waals surface area contributed by atoms with Crippen LogP contribution in [0.4, 0.5) is 5.82 Å². The topological polar surface area (TPSA) is 134 Å². The summed E-state index contributed by atoms with van der Waals surface area (Å²) in [5.74, 6) is -0.708. The summed E-state index contributed by atoms with van der Waals surface area (Å²) in [6.45, 7) is 3.97. The molecule has 0 bridgehead atoms. The van der Waals surface area contributed by atoms with Crippen molar-refractivity contribution in [3.63, 3.8) is 0 Å². The fourth-order valence-corrected chi connectivity index (χ4v) is 5.85. The van der Waals surface area contributed by atoms with Crippen molar-refractivity contribution >= 4 is 24.8 Å². The molecule has 1 saturated carbocycles. The Labute approximate surface area is 218 Å². The molecule has 1 aliphatic carbocycles. The molecule has 10 heteroatoms. The molecule has 198 valence electrons. The lowest BCUT2D eigenvalue weighted by Gasteiger charge is -2.42. The molecular weight excluding hydrogens is 469 g/mol. The van der Waals surface area contributed by atoms with Crippen LogP contribution in [0.2, 0.25) is 0 Å². The second kappa shape index (κ2) is 11.5. The van der Waals surface area contributed by atoms with Gasteiger partial charge in [0, 0.05) is 25.3 Å². The van der Waals surface area contributed by atoms with Crippen LogP contribution >= 0.6 is 0 Å². The molecule has 37 heavy (non-hydrogen) atoms. The van der Waals surface area contributed by atoms with Crippen molar-refractivity contribution in [1.29, 1.82) is 0 Å². The normalized spacial score (nSPS) is 20.8. The first-order valence-electron chi connectivity index (χ1n) is 13.2. The van der Waals surface area contributed by atoms with Crippen molar-refractivity contribution in [1.82, 2.24) is 14.7 Å². The van der Waals surface area contributed by atoms with E-state index in [0.717, 1.165) is 31.2 Å². The number of benzene rings is 1. The maximum atomic E-state index is 13.1. The molecule has 9 nitrogen and oxygen atoms in total. The summed E-state index contributed by atoms with van der Waals surface area (Å²) in [7, 11) is -1.68. The van der Waals surface area contributed by atoms with Crippen LogP contribution in [0.15, 0.2) is 54.4 Å². The van der Waals surface area contributed by atoms with Crippen molar-refractivity contribution in [3.05, 3.63) is 59.9 Å². The van der Waals surface area contributed by atoms with E-state index in [-0.39, 0.29) is 24.7 Å². The number of hydrogen-bond donors (Lipinski definition) is 4. The SMILES string of the molecule is CC(C)C[C@@H](B(O)O)N1C=C(CC(=O)Nc2ccnn2C2CCCC2)CC1(Cc1ccccc1)C(N)=O. The van der Waals surface area contributed by atoms with E-state index in [1.807, 2.05) is 48.9 Å². The number of nitrogens with one attached hydrogen (secondary N) is 1. The Morgan fingerprint density at radius 3 is 2.51 bits per heavy atom. The van der Waals surface area contributed by atoms with Gasteiger partial charge in [0.15, 0.2) is 0 Å². The molecule has 1 aliphatic heterocycles. The molecule has 2 heterocycles. The molecule has 1 aromatic heterocycles. The van der Waals surface area contributed by atoms with Gasteiger partial charge in [-0.05, 0) is 42.5 Å². The largest absolute Gasteiger partial charge is 0.475 e. The molecule has 0 saturated heterocycles. The zero-order valence-electron chi connectivity index (χ0n) is 21.7. The second-order valence-electron chi connectivity index (χ2n) is 10.9. The second-order valence-corrected chi connectivity index (χ2v) is 10.9. The number of rotatable bonds is 11. The minimum absolute atomic E-state index is 0.0616. The molecule has 0 spiro atoms. The molecule has 2 amide bonds. The van der Waals surface area contributed by atoms with Crippen LogP contribution in [0.1, 0.15) is 70.4 Å². The van der Waals surface area contributed by atoms with E-state index >= 15 is 0 Å². The summed E-state index contributed by atoms with van der Waals surface area (Å²) in [4.78, 5) is 27.9. The van der Waals surface area contributed by atoms with E-state index in [1.54, 1.807) is 23.4 Å². The van der Waals surface area contributed by atoms with Gasteiger partial charge < -0.3 is 26.0 Å². The molecule has 2 aromatic rings.